The lowest BCUT2D eigenvalue weighted by atomic mass is 10.1. The molecule has 1 aromatic heterocycles. The van der Waals surface area contributed by atoms with Crippen molar-refractivity contribution in [3.8, 4) is 0 Å². The Morgan fingerprint density at radius 1 is 1.38 bits per heavy atom. The van der Waals surface area contributed by atoms with Crippen molar-refractivity contribution in [3.63, 3.8) is 0 Å². The van der Waals surface area contributed by atoms with Gasteiger partial charge < -0.3 is 5.32 Å². The van der Waals surface area contributed by atoms with E-state index in [1.54, 1.807) is 0 Å². The van der Waals surface area contributed by atoms with Gasteiger partial charge in [-0.25, -0.2) is 0 Å². The Labute approximate surface area is 99.2 Å². The Morgan fingerprint density at radius 3 is 2.62 bits per heavy atom. The molecule has 0 saturated heterocycles. The molecule has 0 aliphatic carbocycles. The third-order valence-electron chi connectivity index (χ3n) is 3.08. The van der Waals surface area contributed by atoms with Crippen LogP contribution in [-0.4, -0.2) is 22.9 Å². The second kappa shape index (κ2) is 6.69. The summed E-state index contributed by atoms with van der Waals surface area (Å²) in [6.07, 6.45) is 4.57. The molecule has 92 valence electrons. The summed E-state index contributed by atoms with van der Waals surface area (Å²) in [5, 5.41) is 7.97. The molecule has 1 heterocycles. The van der Waals surface area contributed by atoms with E-state index in [2.05, 4.69) is 41.9 Å². The Hall–Kier alpha value is -0.830. The predicted molar refractivity (Wildman–Crippen MR) is 68.7 cm³/mol. The Balaban J connectivity index is 2.73. The minimum Gasteiger partial charge on any atom is -0.317 e. The molecule has 3 nitrogen and oxygen atoms in total. The predicted octanol–water partition coefficient (Wildman–Crippen LogP) is 2.40. The van der Waals surface area contributed by atoms with Crippen LogP contribution in [0, 0.1) is 0 Å². The fourth-order valence-corrected chi connectivity index (χ4v) is 2.08. The van der Waals surface area contributed by atoms with Crippen LogP contribution in [0.5, 0.6) is 0 Å². The molecule has 0 fully saturated rings. The number of rotatable bonds is 7. The average Bonchev–Trinajstić information content (AvgIpc) is 2.70. The van der Waals surface area contributed by atoms with Crippen LogP contribution in [0.3, 0.4) is 0 Å². The van der Waals surface area contributed by atoms with Crippen molar-refractivity contribution >= 4 is 0 Å². The lowest BCUT2D eigenvalue weighted by Crippen LogP contribution is -2.28. The molecule has 0 saturated carbocycles. The summed E-state index contributed by atoms with van der Waals surface area (Å²) in [6, 6.07) is 2.83. The van der Waals surface area contributed by atoms with E-state index < -0.39 is 0 Å². The minimum absolute atomic E-state index is 0.580. The first kappa shape index (κ1) is 13.2. The molecule has 0 aliphatic heterocycles. The van der Waals surface area contributed by atoms with Crippen LogP contribution in [0.2, 0.25) is 0 Å². The molecule has 0 spiro atoms. The van der Waals surface area contributed by atoms with Crippen molar-refractivity contribution in [1.29, 1.82) is 0 Å². The van der Waals surface area contributed by atoms with Crippen LogP contribution in [-0.2, 0) is 19.4 Å². The lowest BCUT2D eigenvalue weighted by Gasteiger charge is -2.15. The van der Waals surface area contributed by atoms with E-state index in [9.17, 15) is 0 Å². The maximum absolute atomic E-state index is 4.58. The fraction of sp³-hybridized carbons (Fsp3) is 0.769. The van der Waals surface area contributed by atoms with Crippen molar-refractivity contribution in [1.82, 2.24) is 15.1 Å². The molecular formula is C13H25N3. The first-order valence-corrected chi connectivity index (χ1v) is 6.47. The highest BCUT2D eigenvalue weighted by molar-refractivity contribution is 5.11. The van der Waals surface area contributed by atoms with Gasteiger partial charge in [-0.05, 0) is 32.9 Å². The number of aromatic nitrogens is 2. The van der Waals surface area contributed by atoms with E-state index in [1.807, 2.05) is 7.05 Å². The first-order valence-electron chi connectivity index (χ1n) is 6.47. The van der Waals surface area contributed by atoms with Crippen LogP contribution >= 0.6 is 0 Å². The number of hydrogen-bond acceptors (Lipinski definition) is 2. The van der Waals surface area contributed by atoms with Crippen molar-refractivity contribution < 1.29 is 0 Å². The molecule has 0 radical (unpaired) electrons. The highest BCUT2D eigenvalue weighted by atomic mass is 15.3. The van der Waals surface area contributed by atoms with Crippen molar-refractivity contribution in [3.05, 3.63) is 17.5 Å². The first-order chi connectivity index (χ1) is 7.74. The Kier molecular flexibility index (Phi) is 5.53. The summed E-state index contributed by atoms with van der Waals surface area (Å²) in [6.45, 7) is 7.52. The average molecular weight is 223 g/mol. The summed E-state index contributed by atoms with van der Waals surface area (Å²) in [4.78, 5) is 0. The van der Waals surface area contributed by atoms with E-state index in [-0.39, 0.29) is 0 Å². The smallest absolute Gasteiger partial charge is 0.0624 e. The maximum atomic E-state index is 4.58. The van der Waals surface area contributed by atoms with Crippen LogP contribution in [0.25, 0.3) is 0 Å². The number of aryl methyl sites for hydroxylation is 2. The molecule has 0 aliphatic rings. The van der Waals surface area contributed by atoms with Gasteiger partial charge in [0.1, 0.15) is 0 Å². The summed E-state index contributed by atoms with van der Waals surface area (Å²) < 4.78 is 2.14. The number of hydrogen-bond donors (Lipinski definition) is 1. The standard InChI is InChI=1S/C13H25N3/c1-5-8-12(14-4)10-13-9-11(6-2)15-16(13)7-3/h9,12,14H,5-8,10H2,1-4H3. The molecule has 1 aromatic rings. The summed E-state index contributed by atoms with van der Waals surface area (Å²) in [5.41, 5.74) is 2.58. The summed E-state index contributed by atoms with van der Waals surface area (Å²) >= 11 is 0. The Bertz CT molecular complexity index is 304. The van der Waals surface area contributed by atoms with E-state index in [4.69, 9.17) is 0 Å². The third-order valence-corrected chi connectivity index (χ3v) is 3.08. The zero-order chi connectivity index (χ0) is 12.0. The molecule has 1 rings (SSSR count). The fourth-order valence-electron chi connectivity index (χ4n) is 2.08. The Morgan fingerprint density at radius 2 is 2.12 bits per heavy atom. The quantitative estimate of drug-likeness (QED) is 0.769. The zero-order valence-corrected chi connectivity index (χ0v) is 11.1. The largest absolute Gasteiger partial charge is 0.317 e. The van der Waals surface area contributed by atoms with Crippen molar-refractivity contribution in [2.45, 2.75) is 59.0 Å². The number of nitrogens with one attached hydrogen (secondary N) is 1. The van der Waals surface area contributed by atoms with Gasteiger partial charge >= 0.3 is 0 Å². The molecule has 0 aromatic carbocycles. The van der Waals surface area contributed by atoms with Crippen molar-refractivity contribution in [2.24, 2.45) is 0 Å². The molecule has 1 N–H and O–H groups in total. The monoisotopic (exact) mass is 223 g/mol. The molecule has 0 bridgehead atoms. The third kappa shape index (κ3) is 3.34. The maximum Gasteiger partial charge on any atom is 0.0624 e. The molecule has 1 unspecified atom stereocenters. The van der Waals surface area contributed by atoms with E-state index in [0.29, 0.717) is 6.04 Å². The van der Waals surface area contributed by atoms with Crippen LogP contribution in [0.4, 0.5) is 0 Å². The molecule has 1 atom stereocenters. The van der Waals surface area contributed by atoms with Crippen LogP contribution < -0.4 is 5.32 Å². The topological polar surface area (TPSA) is 29.9 Å². The van der Waals surface area contributed by atoms with Crippen molar-refractivity contribution in [2.75, 3.05) is 7.05 Å². The van der Waals surface area contributed by atoms with Gasteiger partial charge in [0.2, 0.25) is 0 Å². The lowest BCUT2D eigenvalue weighted by molar-refractivity contribution is 0.489. The molecule has 3 heteroatoms. The van der Waals surface area contributed by atoms with Gasteiger partial charge in [0.15, 0.2) is 0 Å². The number of likely N-dealkylation sites (N-methyl/N-ethyl adjacent to an activating group) is 1. The highest BCUT2D eigenvalue weighted by Gasteiger charge is 2.11. The van der Waals surface area contributed by atoms with Gasteiger partial charge in [-0.3, -0.25) is 4.68 Å². The van der Waals surface area contributed by atoms with E-state index >= 15 is 0 Å². The van der Waals surface area contributed by atoms with Gasteiger partial charge in [0, 0.05) is 24.7 Å². The summed E-state index contributed by atoms with van der Waals surface area (Å²) in [7, 11) is 2.05. The molecule has 0 amide bonds. The second-order valence-electron chi connectivity index (χ2n) is 4.27. The van der Waals surface area contributed by atoms with Crippen LogP contribution in [0.1, 0.15) is 45.0 Å². The molecular weight excluding hydrogens is 198 g/mol. The van der Waals surface area contributed by atoms with E-state index in [1.165, 1.54) is 24.2 Å². The zero-order valence-electron chi connectivity index (χ0n) is 11.1. The summed E-state index contributed by atoms with van der Waals surface area (Å²) in [5.74, 6) is 0. The van der Waals surface area contributed by atoms with E-state index in [0.717, 1.165) is 19.4 Å². The van der Waals surface area contributed by atoms with Gasteiger partial charge in [0.25, 0.3) is 0 Å². The normalized spacial score (nSPS) is 13.0. The van der Waals surface area contributed by atoms with Gasteiger partial charge in [-0.15, -0.1) is 0 Å². The van der Waals surface area contributed by atoms with Crippen LogP contribution in [0.15, 0.2) is 6.07 Å². The minimum atomic E-state index is 0.580. The van der Waals surface area contributed by atoms with Gasteiger partial charge in [-0.2, -0.15) is 5.10 Å². The van der Waals surface area contributed by atoms with Gasteiger partial charge in [-0.1, -0.05) is 20.3 Å². The highest BCUT2D eigenvalue weighted by Crippen LogP contribution is 2.10. The molecule has 16 heavy (non-hydrogen) atoms. The second-order valence-corrected chi connectivity index (χ2v) is 4.27. The number of nitrogens with zero attached hydrogens (tertiary/aromatic N) is 2. The van der Waals surface area contributed by atoms with Gasteiger partial charge in [0.05, 0.1) is 5.69 Å². The SMILES string of the molecule is CCCC(Cc1cc(CC)nn1CC)NC.